The molecule has 2 aliphatic rings. The summed E-state index contributed by atoms with van der Waals surface area (Å²) >= 11 is 1.24. The molecule has 0 spiro atoms. The Balaban J connectivity index is 1.26. The highest BCUT2D eigenvalue weighted by molar-refractivity contribution is 7.13. The molecular formula is C18H18N4O5S. The number of carbonyl (C=O) groups excluding carboxylic acids is 3. The number of fused-ring (bicyclic) bond motifs is 1. The van der Waals surface area contributed by atoms with Crippen molar-refractivity contribution < 1.29 is 23.9 Å². The molecular weight excluding hydrogens is 384 g/mol. The molecule has 3 heterocycles. The number of hydrogen-bond donors (Lipinski definition) is 3. The Bertz CT molecular complexity index is 928. The molecule has 1 atom stereocenters. The Labute approximate surface area is 164 Å². The number of carbonyl (C=O) groups is 3. The summed E-state index contributed by atoms with van der Waals surface area (Å²) in [6.07, 6.45) is 0.937. The molecule has 1 aromatic carbocycles. The lowest BCUT2D eigenvalue weighted by Gasteiger charge is -2.08. The van der Waals surface area contributed by atoms with E-state index >= 15 is 0 Å². The van der Waals surface area contributed by atoms with Crippen LogP contribution in [0.15, 0.2) is 23.6 Å². The Morgan fingerprint density at radius 3 is 2.96 bits per heavy atom. The first kappa shape index (κ1) is 18.2. The summed E-state index contributed by atoms with van der Waals surface area (Å²) in [6, 6.07) is 4.99. The van der Waals surface area contributed by atoms with Crippen LogP contribution in [0.5, 0.6) is 11.5 Å². The fourth-order valence-electron chi connectivity index (χ4n) is 2.93. The molecule has 3 N–H and O–H groups in total. The van der Waals surface area contributed by atoms with Crippen molar-refractivity contribution in [3.05, 3.63) is 34.8 Å². The Morgan fingerprint density at radius 2 is 2.14 bits per heavy atom. The van der Waals surface area contributed by atoms with Crippen LogP contribution in [0.4, 0.5) is 5.13 Å². The maximum Gasteiger partial charge on any atom is 0.248 e. The highest BCUT2D eigenvalue weighted by Gasteiger charge is 2.27. The van der Waals surface area contributed by atoms with Crippen molar-refractivity contribution in [2.75, 3.05) is 12.1 Å². The zero-order chi connectivity index (χ0) is 19.5. The van der Waals surface area contributed by atoms with E-state index in [1.165, 1.54) is 11.3 Å². The van der Waals surface area contributed by atoms with Gasteiger partial charge in [0.05, 0.1) is 12.1 Å². The highest BCUT2D eigenvalue weighted by atomic mass is 32.1. The summed E-state index contributed by atoms with van der Waals surface area (Å²) in [7, 11) is 0. The molecule has 9 nitrogen and oxygen atoms in total. The second-order valence-corrected chi connectivity index (χ2v) is 7.29. The number of ether oxygens (including phenoxy) is 2. The molecule has 1 aromatic heterocycles. The third-order valence-corrected chi connectivity index (χ3v) is 5.17. The monoisotopic (exact) mass is 402 g/mol. The molecule has 2 aliphatic heterocycles. The van der Waals surface area contributed by atoms with Crippen LogP contribution in [0.1, 0.15) is 24.1 Å². The number of benzene rings is 1. The molecule has 146 valence electrons. The SMILES string of the molecule is O=C(Cc1csc(NC(=O)C2CCC(=O)N2)n1)NCc1ccc2c(c1)OCO2. The minimum absolute atomic E-state index is 0.108. The standard InChI is InChI=1S/C18H18N4O5S/c23-15-4-2-12(21-15)17(25)22-18-20-11(8-28-18)6-16(24)19-7-10-1-3-13-14(5-10)27-9-26-13/h1,3,5,8,12H,2,4,6-7,9H2,(H,19,24)(H,21,23)(H,20,22,25). The van der Waals surface area contributed by atoms with Crippen LogP contribution in [0, 0.1) is 0 Å². The number of aromatic nitrogens is 1. The number of hydrogen-bond acceptors (Lipinski definition) is 7. The van der Waals surface area contributed by atoms with Crippen LogP contribution in [-0.4, -0.2) is 35.5 Å². The number of anilines is 1. The summed E-state index contributed by atoms with van der Waals surface area (Å²) in [5.41, 5.74) is 1.47. The van der Waals surface area contributed by atoms with E-state index in [1.807, 2.05) is 18.2 Å². The molecule has 0 radical (unpaired) electrons. The van der Waals surface area contributed by atoms with Gasteiger partial charge in [-0.25, -0.2) is 4.98 Å². The average Bonchev–Trinajstić information content (AvgIpc) is 3.40. The number of nitrogens with zero attached hydrogens (tertiary/aromatic N) is 1. The summed E-state index contributed by atoms with van der Waals surface area (Å²) < 4.78 is 10.6. The van der Waals surface area contributed by atoms with E-state index in [0.717, 1.165) is 5.56 Å². The molecule has 10 heteroatoms. The molecule has 3 amide bonds. The minimum Gasteiger partial charge on any atom is -0.454 e. The normalized spacial score (nSPS) is 17.3. The first-order chi connectivity index (χ1) is 13.6. The minimum atomic E-state index is -0.523. The predicted molar refractivity (Wildman–Crippen MR) is 100 cm³/mol. The van der Waals surface area contributed by atoms with Crippen molar-refractivity contribution in [2.24, 2.45) is 0 Å². The maximum absolute atomic E-state index is 12.2. The molecule has 1 fully saturated rings. The van der Waals surface area contributed by atoms with Gasteiger partial charge in [0, 0.05) is 18.3 Å². The quantitative estimate of drug-likeness (QED) is 0.662. The zero-order valence-electron chi connectivity index (χ0n) is 14.8. The third kappa shape index (κ3) is 4.22. The molecule has 0 saturated carbocycles. The van der Waals surface area contributed by atoms with Gasteiger partial charge in [-0.2, -0.15) is 0 Å². The van der Waals surface area contributed by atoms with Gasteiger partial charge in [-0.1, -0.05) is 6.07 Å². The third-order valence-electron chi connectivity index (χ3n) is 4.36. The van der Waals surface area contributed by atoms with Crippen molar-refractivity contribution in [3.8, 4) is 11.5 Å². The van der Waals surface area contributed by atoms with E-state index in [0.29, 0.717) is 41.7 Å². The summed E-state index contributed by atoms with van der Waals surface area (Å²) in [6.45, 7) is 0.575. The number of nitrogens with one attached hydrogen (secondary N) is 3. The van der Waals surface area contributed by atoms with Crippen LogP contribution in [0.25, 0.3) is 0 Å². The molecule has 0 aliphatic carbocycles. The average molecular weight is 402 g/mol. The lowest BCUT2D eigenvalue weighted by molar-refractivity contribution is -0.122. The maximum atomic E-state index is 12.2. The Morgan fingerprint density at radius 1 is 1.29 bits per heavy atom. The number of rotatable bonds is 6. The summed E-state index contributed by atoms with van der Waals surface area (Å²) in [5, 5.41) is 10.2. The van der Waals surface area contributed by atoms with Crippen LogP contribution >= 0.6 is 11.3 Å². The van der Waals surface area contributed by atoms with Crippen molar-refractivity contribution in [2.45, 2.75) is 31.8 Å². The molecule has 2 aromatic rings. The summed E-state index contributed by atoms with van der Waals surface area (Å²) in [5.74, 6) is 0.774. The summed E-state index contributed by atoms with van der Waals surface area (Å²) in [4.78, 5) is 39.7. The van der Waals surface area contributed by atoms with E-state index in [9.17, 15) is 14.4 Å². The Hall–Kier alpha value is -3.14. The second kappa shape index (κ2) is 7.85. The van der Waals surface area contributed by atoms with Crippen LogP contribution < -0.4 is 25.4 Å². The van der Waals surface area contributed by atoms with Crippen molar-refractivity contribution in [1.82, 2.24) is 15.6 Å². The van der Waals surface area contributed by atoms with E-state index < -0.39 is 6.04 Å². The van der Waals surface area contributed by atoms with Gasteiger partial charge in [-0.15, -0.1) is 11.3 Å². The van der Waals surface area contributed by atoms with E-state index in [2.05, 4.69) is 20.9 Å². The molecule has 28 heavy (non-hydrogen) atoms. The van der Waals surface area contributed by atoms with Crippen LogP contribution in [0.3, 0.4) is 0 Å². The first-order valence-corrected chi connectivity index (χ1v) is 9.64. The number of thiazole rings is 1. The fourth-order valence-corrected chi connectivity index (χ4v) is 3.64. The topological polar surface area (TPSA) is 119 Å². The van der Waals surface area contributed by atoms with E-state index in [1.54, 1.807) is 5.38 Å². The van der Waals surface area contributed by atoms with Crippen molar-refractivity contribution >= 4 is 34.2 Å². The molecule has 4 rings (SSSR count). The first-order valence-electron chi connectivity index (χ1n) is 8.77. The zero-order valence-corrected chi connectivity index (χ0v) is 15.6. The lowest BCUT2D eigenvalue weighted by atomic mass is 10.2. The Kier molecular flexibility index (Phi) is 5.11. The van der Waals surface area contributed by atoms with Crippen molar-refractivity contribution in [3.63, 3.8) is 0 Å². The van der Waals surface area contributed by atoms with Gasteiger partial charge >= 0.3 is 0 Å². The fraction of sp³-hybridized carbons (Fsp3) is 0.333. The van der Waals surface area contributed by atoms with Crippen LogP contribution in [-0.2, 0) is 27.3 Å². The van der Waals surface area contributed by atoms with E-state index in [4.69, 9.17) is 9.47 Å². The van der Waals surface area contributed by atoms with Gasteiger partial charge in [0.1, 0.15) is 6.04 Å². The molecule has 1 saturated heterocycles. The second-order valence-electron chi connectivity index (χ2n) is 6.43. The smallest absolute Gasteiger partial charge is 0.248 e. The molecule has 1 unspecified atom stereocenters. The number of amides is 3. The van der Waals surface area contributed by atoms with Gasteiger partial charge in [-0.3, -0.25) is 14.4 Å². The predicted octanol–water partition coefficient (Wildman–Crippen LogP) is 0.948. The highest BCUT2D eigenvalue weighted by Crippen LogP contribution is 2.32. The van der Waals surface area contributed by atoms with E-state index in [-0.39, 0.29) is 30.9 Å². The van der Waals surface area contributed by atoms with Gasteiger partial charge in [0.25, 0.3) is 0 Å². The van der Waals surface area contributed by atoms with Gasteiger partial charge in [0.15, 0.2) is 16.6 Å². The van der Waals surface area contributed by atoms with Crippen molar-refractivity contribution in [1.29, 1.82) is 0 Å². The lowest BCUT2D eigenvalue weighted by Crippen LogP contribution is -2.37. The largest absolute Gasteiger partial charge is 0.454 e. The van der Waals surface area contributed by atoms with Gasteiger partial charge in [0.2, 0.25) is 24.5 Å². The van der Waals surface area contributed by atoms with Gasteiger partial charge < -0.3 is 25.4 Å². The molecule has 0 bridgehead atoms. The van der Waals surface area contributed by atoms with Gasteiger partial charge in [-0.05, 0) is 24.1 Å². The van der Waals surface area contributed by atoms with Crippen LogP contribution in [0.2, 0.25) is 0 Å².